The molecular weight excluding hydrogens is 312 g/mol. The van der Waals surface area contributed by atoms with E-state index >= 15 is 0 Å². The van der Waals surface area contributed by atoms with Crippen LogP contribution in [0.15, 0.2) is 30.3 Å². The van der Waals surface area contributed by atoms with Crippen molar-refractivity contribution in [1.29, 1.82) is 0 Å². The van der Waals surface area contributed by atoms with Gasteiger partial charge in [0.15, 0.2) is 9.84 Å². The van der Waals surface area contributed by atoms with Crippen molar-refractivity contribution >= 4 is 15.7 Å². The topological polar surface area (TPSA) is 66.5 Å². The highest BCUT2D eigenvalue weighted by molar-refractivity contribution is 7.91. The van der Waals surface area contributed by atoms with Gasteiger partial charge in [-0.1, -0.05) is 43.2 Å². The van der Waals surface area contributed by atoms with E-state index in [9.17, 15) is 13.2 Å². The van der Waals surface area contributed by atoms with Gasteiger partial charge < -0.3 is 5.32 Å². The number of amides is 1. The highest BCUT2D eigenvalue weighted by Crippen LogP contribution is 2.27. The molecule has 128 valence electrons. The second kappa shape index (κ2) is 7.93. The number of hydrogen-bond donors (Lipinski definition) is 1. The van der Waals surface area contributed by atoms with E-state index in [4.69, 9.17) is 0 Å². The van der Waals surface area contributed by atoms with Gasteiger partial charge in [0.25, 0.3) is 0 Å². The Bertz CT molecular complexity index is 616. The lowest BCUT2D eigenvalue weighted by molar-refractivity contribution is -0.122. The monoisotopic (exact) mass is 338 g/mol. The van der Waals surface area contributed by atoms with E-state index in [0.717, 1.165) is 24.8 Å². The number of rotatable bonds is 6. The Morgan fingerprint density at radius 3 is 2.52 bits per heavy atom. The standard InChI is InChI=1S/C17H26N2O3S/c1-19(15-10-6-7-11-16(15)23(2,21)22)13-17(20)18-12-14-8-4-3-5-9-14/h3-5,8-9,15-16H,6-7,10-13H2,1-2H3,(H,18,20). The molecule has 1 aromatic carbocycles. The van der Waals surface area contributed by atoms with Crippen LogP contribution in [0.2, 0.25) is 0 Å². The number of nitrogens with zero attached hydrogens (tertiary/aromatic N) is 1. The van der Waals surface area contributed by atoms with Crippen molar-refractivity contribution in [3.05, 3.63) is 35.9 Å². The molecule has 1 amide bonds. The summed E-state index contributed by atoms with van der Waals surface area (Å²) in [6.07, 6.45) is 4.80. The van der Waals surface area contributed by atoms with E-state index in [-0.39, 0.29) is 23.7 Å². The second-order valence-corrected chi connectivity index (χ2v) is 8.66. The molecule has 2 rings (SSSR count). The zero-order valence-electron chi connectivity index (χ0n) is 13.9. The molecule has 0 spiro atoms. The van der Waals surface area contributed by atoms with Gasteiger partial charge in [0.2, 0.25) is 5.91 Å². The number of sulfone groups is 1. The zero-order valence-corrected chi connectivity index (χ0v) is 14.7. The minimum absolute atomic E-state index is 0.0683. The first-order chi connectivity index (χ1) is 10.9. The van der Waals surface area contributed by atoms with Gasteiger partial charge in [0.05, 0.1) is 11.8 Å². The van der Waals surface area contributed by atoms with E-state index in [0.29, 0.717) is 13.0 Å². The summed E-state index contributed by atoms with van der Waals surface area (Å²) in [5.74, 6) is -0.0748. The molecule has 0 saturated heterocycles. The highest BCUT2D eigenvalue weighted by atomic mass is 32.2. The summed E-state index contributed by atoms with van der Waals surface area (Å²) in [4.78, 5) is 14.0. The predicted octanol–water partition coefficient (Wildman–Crippen LogP) is 1.59. The predicted molar refractivity (Wildman–Crippen MR) is 91.8 cm³/mol. The third-order valence-corrected chi connectivity index (χ3v) is 6.16. The summed E-state index contributed by atoms with van der Waals surface area (Å²) in [6, 6.07) is 9.67. The molecule has 0 bridgehead atoms. The smallest absolute Gasteiger partial charge is 0.234 e. The third kappa shape index (κ3) is 5.32. The van der Waals surface area contributed by atoms with E-state index < -0.39 is 9.84 Å². The molecular formula is C17H26N2O3S. The maximum atomic E-state index is 12.1. The van der Waals surface area contributed by atoms with Crippen molar-refractivity contribution in [2.75, 3.05) is 19.8 Å². The first-order valence-corrected chi connectivity index (χ1v) is 10.0. The molecule has 23 heavy (non-hydrogen) atoms. The summed E-state index contributed by atoms with van der Waals surface area (Å²) >= 11 is 0. The Morgan fingerprint density at radius 2 is 1.87 bits per heavy atom. The Balaban J connectivity index is 1.89. The molecule has 0 aromatic heterocycles. The highest BCUT2D eigenvalue weighted by Gasteiger charge is 2.35. The maximum Gasteiger partial charge on any atom is 0.234 e. The zero-order chi connectivity index (χ0) is 16.9. The quantitative estimate of drug-likeness (QED) is 0.855. The summed E-state index contributed by atoms with van der Waals surface area (Å²) in [5, 5.41) is 2.53. The number of benzene rings is 1. The lowest BCUT2D eigenvalue weighted by Gasteiger charge is -2.36. The fraction of sp³-hybridized carbons (Fsp3) is 0.588. The van der Waals surface area contributed by atoms with Crippen molar-refractivity contribution in [2.24, 2.45) is 0 Å². The molecule has 2 unspecified atom stereocenters. The van der Waals surface area contributed by atoms with Crippen LogP contribution in [0.4, 0.5) is 0 Å². The average Bonchev–Trinajstić information content (AvgIpc) is 2.53. The van der Waals surface area contributed by atoms with E-state index in [1.54, 1.807) is 0 Å². The summed E-state index contributed by atoms with van der Waals surface area (Å²) in [7, 11) is -1.24. The maximum absolute atomic E-state index is 12.1. The summed E-state index contributed by atoms with van der Waals surface area (Å²) in [6.45, 7) is 0.719. The minimum atomic E-state index is -3.08. The number of carbonyl (C=O) groups excluding carboxylic acids is 1. The van der Waals surface area contributed by atoms with Crippen LogP contribution in [-0.2, 0) is 21.2 Å². The van der Waals surface area contributed by atoms with Crippen molar-refractivity contribution in [3.8, 4) is 0 Å². The second-order valence-electron chi connectivity index (χ2n) is 6.40. The Kier molecular flexibility index (Phi) is 6.18. The fourth-order valence-electron chi connectivity index (χ4n) is 3.28. The fourth-order valence-corrected chi connectivity index (χ4v) is 4.79. The first-order valence-electron chi connectivity index (χ1n) is 8.07. The van der Waals surface area contributed by atoms with Gasteiger partial charge in [0, 0.05) is 18.8 Å². The molecule has 0 heterocycles. The molecule has 1 aliphatic rings. The average molecular weight is 338 g/mol. The SMILES string of the molecule is CN(CC(=O)NCc1ccccc1)C1CCCCC1S(C)(=O)=O. The molecule has 1 saturated carbocycles. The van der Waals surface area contributed by atoms with Crippen molar-refractivity contribution in [1.82, 2.24) is 10.2 Å². The van der Waals surface area contributed by atoms with Crippen LogP contribution in [0.3, 0.4) is 0 Å². The van der Waals surface area contributed by atoms with Crippen LogP contribution >= 0.6 is 0 Å². The normalized spacial score (nSPS) is 22.0. The Morgan fingerprint density at radius 1 is 1.22 bits per heavy atom. The van der Waals surface area contributed by atoms with Crippen molar-refractivity contribution in [2.45, 2.75) is 43.5 Å². The molecule has 1 N–H and O–H groups in total. The largest absolute Gasteiger partial charge is 0.351 e. The molecule has 0 radical (unpaired) electrons. The summed E-state index contributed by atoms with van der Waals surface area (Å²) in [5.41, 5.74) is 1.05. The molecule has 0 aliphatic heterocycles. The van der Waals surface area contributed by atoms with Crippen LogP contribution in [-0.4, -0.2) is 50.4 Å². The van der Waals surface area contributed by atoms with Gasteiger partial charge in [-0.3, -0.25) is 9.69 Å². The molecule has 1 fully saturated rings. The van der Waals surface area contributed by atoms with Crippen LogP contribution in [0.5, 0.6) is 0 Å². The lowest BCUT2D eigenvalue weighted by Crippen LogP contribution is -2.49. The van der Waals surface area contributed by atoms with E-state index in [2.05, 4.69) is 5.32 Å². The van der Waals surface area contributed by atoms with Crippen LogP contribution in [0.1, 0.15) is 31.2 Å². The van der Waals surface area contributed by atoms with E-state index in [1.165, 1.54) is 6.26 Å². The van der Waals surface area contributed by atoms with Crippen molar-refractivity contribution < 1.29 is 13.2 Å². The third-order valence-electron chi connectivity index (χ3n) is 4.51. The van der Waals surface area contributed by atoms with Crippen LogP contribution < -0.4 is 5.32 Å². The van der Waals surface area contributed by atoms with Crippen LogP contribution in [0, 0.1) is 0 Å². The van der Waals surface area contributed by atoms with Crippen molar-refractivity contribution in [3.63, 3.8) is 0 Å². The minimum Gasteiger partial charge on any atom is -0.351 e. The molecule has 5 nitrogen and oxygen atoms in total. The van der Waals surface area contributed by atoms with E-state index in [1.807, 2.05) is 42.3 Å². The Labute approximate surface area is 139 Å². The molecule has 2 atom stereocenters. The Hall–Kier alpha value is -1.40. The van der Waals surface area contributed by atoms with Gasteiger partial charge in [-0.15, -0.1) is 0 Å². The summed E-state index contributed by atoms with van der Waals surface area (Å²) < 4.78 is 23.9. The number of likely N-dealkylation sites (N-methyl/N-ethyl adjacent to an activating group) is 1. The van der Waals surface area contributed by atoms with Crippen LogP contribution in [0.25, 0.3) is 0 Å². The van der Waals surface area contributed by atoms with Gasteiger partial charge in [-0.25, -0.2) is 8.42 Å². The number of carbonyl (C=O) groups is 1. The lowest BCUT2D eigenvalue weighted by atomic mass is 9.94. The van der Waals surface area contributed by atoms with Gasteiger partial charge >= 0.3 is 0 Å². The molecule has 1 aliphatic carbocycles. The van der Waals surface area contributed by atoms with Gasteiger partial charge in [0.1, 0.15) is 0 Å². The van der Waals surface area contributed by atoms with Gasteiger partial charge in [-0.05, 0) is 25.5 Å². The first kappa shape index (κ1) is 17.9. The number of nitrogens with one attached hydrogen (secondary N) is 1. The van der Waals surface area contributed by atoms with Gasteiger partial charge in [-0.2, -0.15) is 0 Å². The molecule has 6 heteroatoms. The molecule has 1 aromatic rings. The number of hydrogen-bond acceptors (Lipinski definition) is 4.